The van der Waals surface area contributed by atoms with Crippen molar-refractivity contribution in [2.24, 2.45) is 12.5 Å². The van der Waals surface area contributed by atoms with Crippen molar-refractivity contribution >= 4 is 6.03 Å². The maximum Gasteiger partial charge on any atom is 0.320 e. The molecule has 0 bridgehead atoms. The van der Waals surface area contributed by atoms with Crippen molar-refractivity contribution in [2.75, 3.05) is 32.7 Å². The smallest absolute Gasteiger partial charge is 0.320 e. The Balaban J connectivity index is 1.23. The van der Waals surface area contributed by atoms with Gasteiger partial charge >= 0.3 is 6.03 Å². The Labute approximate surface area is 229 Å². The summed E-state index contributed by atoms with van der Waals surface area (Å²) in [5, 5.41) is 19.8. The van der Waals surface area contributed by atoms with Gasteiger partial charge in [-0.05, 0) is 37.0 Å². The molecule has 3 aromatic rings. The summed E-state index contributed by atoms with van der Waals surface area (Å²) >= 11 is 0. The fourth-order valence-corrected chi connectivity index (χ4v) is 7.09. The van der Waals surface area contributed by atoms with Crippen LogP contribution in [-0.4, -0.2) is 73.6 Å². The molecule has 1 saturated carbocycles. The number of nitrogens with zero attached hydrogens (tertiary/aromatic N) is 5. The number of piperidine rings is 1. The number of urea groups is 1. The monoisotopic (exact) mass is 530 g/mol. The molecule has 2 saturated heterocycles. The van der Waals surface area contributed by atoms with Crippen LogP contribution < -0.4 is 10.9 Å². The summed E-state index contributed by atoms with van der Waals surface area (Å²) in [4.78, 5) is 31.1. The van der Waals surface area contributed by atoms with Crippen LogP contribution in [0.5, 0.6) is 0 Å². The van der Waals surface area contributed by atoms with E-state index in [0.29, 0.717) is 26.1 Å². The SMILES string of the molecule is Cn1nccc1-c1ccn(C[C@]2(O)CCN(C(=O)N3CCNC[C@H]3c3ccccc3)CC23CCCC3)c(=O)c1. The molecular formula is C30H38N6O3. The lowest BCUT2D eigenvalue weighted by Gasteiger charge is -2.53. The van der Waals surface area contributed by atoms with E-state index in [4.69, 9.17) is 0 Å². The fraction of sp³-hybridized carbons (Fsp3) is 0.500. The van der Waals surface area contributed by atoms with Crippen LogP contribution in [0.1, 0.15) is 43.7 Å². The first-order chi connectivity index (χ1) is 18.9. The van der Waals surface area contributed by atoms with Crippen molar-refractivity contribution in [1.29, 1.82) is 0 Å². The van der Waals surface area contributed by atoms with Crippen LogP contribution in [0.15, 0.2) is 65.7 Å². The number of pyridine rings is 1. The highest BCUT2D eigenvalue weighted by Crippen LogP contribution is 2.51. The Hall–Kier alpha value is -3.43. The maximum absolute atomic E-state index is 14.0. The molecule has 0 unspecified atom stereocenters. The highest BCUT2D eigenvalue weighted by molar-refractivity contribution is 5.75. The van der Waals surface area contributed by atoms with Gasteiger partial charge in [-0.1, -0.05) is 43.2 Å². The Kier molecular flexibility index (Phi) is 6.81. The minimum atomic E-state index is -1.06. The Morgan fingerprint density at radius 2 is 1.90 bits per heavy atom. The predicted molar refractivity (Wildman–Crippen MR) is 149 cm³/mol. The lowest BCUT2D eigenvalue weighted by Crippen LogP contribution is -2.64. The van der Waals surface area contributed by atoms with Crippen LogP contribution in [-0.2, 0) is 13.6 Å². The molecule has 3 fully saturated rings. The Morgan fingerprint density at radius 3 is 2.62 bits per heavy atom. The molecule has 4 heterocycles. The molecule has 1 spiro atoms. The van der Waals surface area contributed by atoms with Gasteiger partial charge in [0.05, 0.1) is 23.9 Å². The van der Waals surface area contributed by atoms with Gasteiger partial charge in [-0.15, -0.1) is 0 Å². The zero-order chi connectivity index (χ0) is 27.0. The van der Waals surface area contributed by atoms with Gasteiger partial charge in [0, 0.05) is 69.2 Å². The molecule has 1 aliphatic carbocycles. The largest absolute Gasteiger partial charge is 0.387 e. The van der Waals surface area contributed by atoms with Crippen molar-refractivity contribution in [1.82, 2.24) is 29.5 Å². The first kappa shape index (κ1) is 25.8. The molecule has 2 aromatic heterocycles. The van der Waals surface area contributed by atoms with E-state index in [1.165, 1.54) is 0 Å². The van der Waals surface area contributed by atoms with Crippen LogP contribution in [0.3, 0.4) is 0 Å². The van der Waals surface area contributed by atoms with Gasteiger partial charge in [0.15, 0.2) is 0 Å². The van der Waals surface area contributed by atoms with E-state index in [9.17, 15) is 14.7 Å². The topological polar surface area (TPSA) is 95.6 Å². The molecule has 9 heteroatoms. The van der Waals surface area contributed by atoms with E-state index in [0.717, 1.165) is 55.6 Å². The van der Waals surface area contributed by atoms with Gasteiger partial charge in [0.25, 0.3) is 5.56 Å². The number of nitrogens with one attached hydrogen (secondary N) is 1. The lowest BCUT2D eigenvalue weighted by atomic mass is 9.66. The molecule has 0 radical (unpaired) electrons. The quantitative estimate of drug-likeness (QED) is 0.541. The number of amides is 2. The summed E-state index contributed by atoms with van der Waals surface area (Å²) in [5.74, 6) is 0. The van der Waals surface area contributed by atoms with E-state index in [1.807, 2.05) is 47.2 Å². The molecule has 6 rings (SSSR count). The first-order valence-electron chi connectivity index (χ1n) is 14.1. The summed E-state index contributed by atoms with van der Waals surface area (Å²) in [6, 6.07) is 15.7. The van der Waals surface area contributed by atoms with Crippen molar-refractivity contribution in [3.63, 3.8) is 0 Å². The number of carbonyl (C=O) groups is 1. The molecule has 2 N–H and O–H groups in total. The van der Waals surface area contributed by atoms with Crippen molar-refractivity contribution in [2.45, 2.75) is 50.3 Å². The molecule has 1 aromatic carbocycles. The summed E-state index contributed by atoms with van der Waals surface area (Å²) in [7, 11) is 1.85. The number of aromatic nitrogens is 3. The highest BCUT2D eigenvalue weighted by atomic mass is 16.3. The second kappa shape index (κ2) is 10.3. The van der Waals surface area contributed by atoms with Gasteiger partial charge < -0.3 is 24.8 Å². The van der Waals surface area contributed by atoms with Crippen LogP contribution in [0, 0.1) is 5.41 Å². The number of hydrogen-bond donors (Lipinski definition) is 2. The number of aliphatic hydroxyl groups is 1. The molecule has 3 aliphatic rings. The molecule has 206 valence electrons. The molecule has 2 aliphatic heterocycles. The van der Waals surface area contributed by atoms with E-state index in [1.54, 1.807) is 27.7 Å². The number of likely N-dealkylation sites (tertiary alicyclic amines) is 1. The minimum absolute atomic E-state index is 0.00990. The van der Waals surface area contributed by atoms with Crippen LogP contribution in [0.25, 0.3) is 11.3 Å². The summed E-state index contributed by atoms with van der Waals surface area (Å²) in [6.07, 6.45) is 7.73. The first-order valence-corrected chi connectivity index (χ1v) is 14.1. The fourth-order valence-electron chi connectivity index (χ4n) is 7.09. The number of piperazine rings is 1. The van der Waals surface area contributed by atoms with Gasteiger partial charge in [-0.2, -0.15) is 5.10 Å². The normalized spacial score (nSPS) is 24.8. The van der Waals surface area contributed by atoms with Crippen molar-refractivity contribution in [3.05, 3.63) is 76.8 Å². The summed E-state index contributed by atoms with van der Waals surface area (Å²) in [6.45, 7) is 3.40. The molecule has 2 atom stereocenters. The molecule has 2 amide bonds. The van der Waals surface area contributed by atoms with Crippen LogP contribution in [0.4, 0.5) is 4.79 Å². The van der Waals surface area contributed by atoms with Gasteiger partial charge in [-0.25, -0.2) is 4.79 Å². The average molecular weight is 531 g/mol. The van der Waals surface area contributed by atoms with Gasteiger partial charge in [0.1, 0.15) is 0 Å². The predicted octanol–water partition coefficient (Wildman–Crippen LogP) is 3.01. The third kappa shape index (κ3) is 4.67. The second-order valence-electron chi connectivity index (χ2n) is 11.5. The third-order valence-electron chi connectivity index (χ3n) is 9.33. The van der Waals surface area contributed by atoms with Gasteiger partial charge in [-0.3, -0.25) is 9.48 Å². The number of hydrogen-bond acceptors (Lipinski definition) is 5. The average Bonchev–Trinajstić information content (AvgIpc) is 3.61. The Morgan fingerprint density at radius 1 is 1.10 bits per heavy atom. The van der Waals surface area contributed by atoms with Crippen LogP contribution in [0.2, 0.25) is 0 Å². The lowest BCUT2D eigenvalue weighted by molar-refractivity contribution is -0.136. The van der Waals surface area contributed by atoms with E-state index >= 15 is 0 Å². The zero-order valence-electron chi connectivity index (χ0n) is 22.6. The van der Waals surface area contributed by atoms with Crippen molar-refractivity contribution in [3.8, 4) is 11.3 Å². The van der Waals surface area contributed by atoms with E-state index < -0.39 is 11.0 Å². The number of benzene rings is 1. The number of rotatable bonds is 4. The number of carbonyl (C=O) groups excluding carboxylic acids is 1. The third-order valence-corrected chi connectivity index (χ3v) is 9.33. The molecular weight excluding hydrogens is 492 g/mol. The number of aryl methyl sites for hydroxylation is 1. The molecule has 39 heavy (non-hydrogen) atoms. The van der Waals surface area contributed by atoms with E-state index in [2.05, 4.69) is 22.5 Å². The standard InChI is InChI=1S/C30H38N6O3/c1-33-25(9-14-32-33)24-10-16-34(27(37)19-24)22-30(39)13-17-35(21-29(30)11-5-6-12-29)28(38)36-18-15-31-20-26(36)23-7-3-2-4-8-23/h2-4,7-10,14,16,19,26,31,39H,5-6,11-13,15,17-18,20-22H2,1H3/t26-,30+/m0/s1. The zero-order valence-corrected chi connectivity index (χ0v) is 22.6. The van der Waals surface area contributed by atoms with Gasteiger partial charge in [0.2, 0.25) is 0 Å². The van der Waals surface area contributed by atoms with E-state index in [-0.39, 0.29) is 24.2 Å². The van der Waals surface area contributed by atoms with Crippen LogP contribution >= 0.6 is 0 Å². The molecule has 9 nitrogen and oxygen atoms in total. The minimum Gasteiger partial charge on any atom is -0.387 e. The highest BCUT2D eigenvalue weighted by Gasteiger charge is 2.56. The second-order valence-corrected chi connectivity index (χ2v) is 11.5. The summed E-state index contributed by atoms with van der Waals surface area (Å²) < 4.78 is 3.38. The maximum atomic E-state index is 14.0. The Bertz CT molecular complexity index is 1380. The summed E-state index contributed by atoms with van der Waals surface area (Å²) in [5.41, 5.74) is 1.20. The van der Waals surface area contributed by atoms with Crippen molar-refractivity contribution < 1.29 is 9.90 Å².